The molecule has 2 rings (SSSR count). The van der Waals surface area contributed by atoms with Crippen molar-refractivity contribution in [1.29, 1.82) is 0 Å². The Bertz CT molecular complexity index is 708. The van der Waals surface area contributed by atoms with Crippen LogP contribution >= 0.6 is 0 Å². The topological polar surface area (TPSA) is 27.7 Å². The second-order valence-electron chi connectivity index (χ2n) is 9.07. The molecule has 0 saturated carbocycles. The van der Waals surface area contributed by atoms with Crippen molar-refractivity contribution in [2.24, 2.45) is 0 Å². The molecule has 0 saturated heterocycles. The lowest BCUT2D eigenvalue weighted by atomic mass is 10.1. The van der Waals surface area contributed by atoms with Crippen molar-refractivity contribution < 1.29 is 14.2 Å². The Labute approximate surface area is 202 Å². The van der Waals surface area contributed by atoms with Crippen LogP contribution in [0.1, 0.15) is 91.4 Å². The standard InChI is InChI=1S/C30H46O3/c1-4-6-8-10-12-13-23-31-26(3)25-33-30-21-17-28(18-22-30)27-15-19-29(20-16-27)32-24-14-11-9-7-5-2/h15-22,26H,4-14,23-25H2,1-3H3. The van der Waals surface area contributed by atoms with Gasteiger partial charge in [-0.2, -0.15) is 0 Å². The van der Waals surface area contributed by atoms with Crippen molar-refractivity contribution in [1.82, 2.24) is 0 Å². The van der Waals surface area contributed by atoms with Crippen LogP contribution in [0.25, 0.3) is 11.1 Å². The zero-order chi connectivity index (χ0) is 23.6. The molecular weight excluding hydrogens is 408 g/mol. The number of ether oxygens (including phenoxy) is 3. The predicted molar refractivity (Wildman–Crippen MR) is 140 cm³/mol. The van der Waals surface area contributed by atoms with E-state index >= 15 is 0 Å². The van der Waals surface area contributed by atoms with E-state index in [2.05, 4.69) is 57.2 Å². The highest BCUT2D eigenvalue weighted by Gasteiger charge is 2.05. The molecule has 0 aromatic heterocycles. The van der Waals surface area contributed by atoms with Crippen molar-refractivity contribution in [3.05, 3.63) is 48.5 Å². The lowest BCUT2D eigenvalue weighted by Gasteiger charge is -2.14. The minimum absolute atomic E-state index is 0.111. The maximum atomic E-state index is 5.92. The minimum Gasteiger partial charge on any atom is -0.494 e. The molecule has 0 radical (unpaired) electrons. The molecule has 3 heteroatoms. The van der Waals surface area contributed by atoms with E-state index < -0.39 is 0 Å². The molecule has 0 aliphatic rings. The first-order valence-electron chi connectivity index (χ1n) is 13.3. The van der Waals surface area contributed by atoms with E-state index in [1.807, 2.05) is 12.1 Å². The Balaban J connectivity index is 1.64. The van der Waals surface area contributed by atoms with Gasteiger partial charge < -0.3 is 14.2 Å². The summed E-state index contributed by atoms with van der Waals surface area (Å²) in [5.41, 5.74) is 2.37. The van der Waals surface area contributed by atoms with Gasteiger partial charge in [0, 0.05) is 6.61 Å². The van der Waals surface area contributed by atoms with Crippen LogP contribution in [0, 0.1) is 0 Å². The molecule has 0 heterocycles. The molecule has 2 aromatic rings. The summed E-state index contributed by atoms with van der Waals surface area (Å²) in [7, 11) is 0. The van der Waals surface area contributed by atoms with Crippen LogP contribution in [0.15, 0.2) is 48.5 Å². The van der Waals surface area contributed by atoms with E-state index in [4.69, 9.17) is 14.2 Å². The summed E-state index contributed by atoms with van der Waals surface area (Å²) >= 11 is 0. The molecule has 1 unspecified atom stereocenters. The maximum absolute atomic E-state index is 5.92. The Kier molecular flexibility index (Phi) is 14.4. The molecule has 0 bridgehead atoms. The lowest BCUT2D eigenvalue weighted by molar-refractivity contribution is 0.0302. The number of hydrogen-bond donors (Lipinski definition) is 0. The van der Waals surface area contributed by atoms with E-state index in [1.165, 1.54) is 68.9 Å². The van der Waals surface area contributed by atoms with E-state index in [0.29, 0.717) is 6.61 Å². The Hall–Kier alpha value is -2.00. The fourth-order valence-corrected chi connectivity index (χ4v) is 3.81. The smallest absolute Gasteiger partial charge is 0.119 e. The first-order chi connectivity index (χ1) is 16.2. The molecule has 0 aliphatic carbocycles. The summed E-state index contributed by atoms with van der Waals surface area (Å²) in [6.07, 6.45) is 14.1. The predicted octanol–water partition coefficient (Wildman–Crippen LogP) is 8.85. The van der Waals surface area contributed by atoms with Crippen molar-refractivity contribution in [3.63, 3.8) is 0 Å². The van der Waals surface area contributed by atoms with Crippen LogP contribution in [-0.4, -0.2) is 25.9 Å². The van der Waals surface area contributed by atoms with Crippen molar-refractivity contribution in [2.45, 2.75) is 97.5 Å². The van der Waals surface area contributed by atoms with Gasteiger partial charge in [-0.15, -0.1) is 0 Å². The highest BCUT2D eigenvalue weighted by atomic mass is 16.5. The van der Waals surface area contributed by atoms with Gasteiger partial charge in [-0.1, -0.05) is 95.9 Å². The quantitative estimate of drug-likeness (QED) is 0.198. The molecule has 0 fully saturated rings. The second-order valence-corrected chi connectivity index (χ2v) is 9.07. The number of benzene rings is 2. The van der Waals surface area contributed by atoms with Crippen LogP contribution in [0.4, 0.5) is 0 Å². The van der Waals surface area contributed by atoms with E-state index in [9.17, 15) is 0 Å². The van der Waals surface area contributed by atoms with Gasteiger partial charge in [-0.3, -0.25) is 0 Å². The monoisotopic (exact) mass is 454 g/mol. The molecule has 0 spiro atoms. The average Bonchev–Trinajstić information content (AvgIpc) is 2.85. The van der Waals surface area contributed by atoms with E-state index in [0.717, 1.165) is 37.6 Å². The highest BCUT2D eigenvalue weighted by molar-refractivity contribution is 5.64. The van der Waals surface area contributed by atoms with Crippen molar-refractivity contribution in [3.8, 4) is 22.6 Å². The zero-order valence-corrected chi connectivity index (χ0v) is 21.3. The summed E-state index contributed by atoms with van der Waals surface area (Å²) in [5.74, 6) is 1.83. The van der Waals surface area contributed by atoms with Gasteiger partial charge in [-0.25, -0.2) is 0 Å². The normalized spacial score (nSPS) is 12.0. The van der Waals surface area contributed by atoms with Gasteiger partial charge in [0.15, 0.2) is 0 Å². The van der Waals surface area contributed by atoms with Gasteiger partial charge >= 0.3 is 0 Å². The first-order valence-corrected chi connectivity index (χ1v) is 13.3. The summed E-state index contributed by atoms with van der Waals surface area (Å²) in [6, 6.07) is 16.7. The third kappa shape index (κ3) is 12.1. The van der Waals surface area contributed by atoms with Crippen LogP contribution in [-0.2, 0) is 4.74 Å². The summed E-state index contributed by atoms with van der Waals surface area (Å²) < 4.78 is 17.7. The molecule has 0 N–H and O–H groups in total. The van der Waals surface area contributed by atoms with Gasteiger partial charge in [-0.05, 0) is 55.2 Å². The van der Waals surface area contributed by atoms with Gasteiger partial charge in [0.25, 0.3) is 0 Å². The SMILES string of the molecule is CCCCCCCCOC(C)COc1ccc(-c2ccc(OCCCCCCC)cc2)cc1. The second kappa shape index (κ2) is 17.5. The molecule has 3 nitrogen and oxygen atoms in total. The minimum atomic E-state index is 0.111. The fraction of sp³-hybridized carbons (Fsp3) is 0.600. The molecule has 0 amide bonds. The lowest BCUT2D eigenvalue weighted by Crippen LogP contribution is -2.18. The van der Waals surface area contributed by atoms with Crippen LogP contribution in [0.3, 0.4) is 0 Å². The summed E-state index contributed by atoms with van der Waals surface area (Å²) in [5, 5.41) is 0. The Morgan fingerprint density at radius 3 is 1.55 bits per heavy atom. The molecule has 1 atom stereocenters. The summed E-state index contributed by atoms with van der Waals surface area (Å²) in [4.78, 5) is 0. The molecule has 33 heavy (non-hydrogen) atoms. The summed E-state index contributed by atoms with van der Waals surface area (Å²) in [6.45, 7) is 8.79. The van der Waals surface area contributed by atoms with Crippen LogP contribution in [0.2, 0.25) is 0 Å². The highest BCUT2D eigenvalue weighted by Crippen LogP contribution is 2.25. The zero-order valence-electron chi connectivity index (χ0n) is 21.3. The average molecular weight is 455 g/mol. The van der Waals surface area contributed by atoms with Crippen molar-refractivity contribution >= 4 is 0 Å². The van der Waals surface area contributed by atoms with E-state index in [1.54, 1.807) is 0 Å². The van der Waals surface area contributed by atoms with Crippen LogP contribution in [0.5, 0.6) is 11.5 Å². The van der Waals surface area contributed by atoms with Crippen LogP contribution < -0.4 is 9.47 Å². The molecular formula is C30H46O3. The van der Waals surface area contributed by atoms with Crippen molar-refractivity contribution in [2.75, 3.05) is 19.8 Å². The largest absolute Gasteiger partial charge is 0.494 e. The molecule has 184 valence electrons. The maximum Gasteiger partial charge on any atom is 0.119 e. The number of unbranched alkanes of at least 4 members (excludes halogenated alkanes) is 9. The number of rotatable bonds is 19. The Morgan fingerprint density at radius 1 is 0.545 bits per heavy atom. The Morgan fingerprint density at radius 2 is 1.00 bits per heavy atom. The first kappa shape index (κ1) is 27.2. The van der Waals surface area contributed by atoms with E-state index in [-0.39, 0.29) is 6.10 Å². The third-order valence-electron chi connectivity index (χ3n) is 5.94. The van der Waals surface area contributed by atoms with Gasteiger partial charge in [0.2, 0.25) is 0 Å². The fourth-order valence-electron chi connectivity index (χ4n) is 3.81. The molecule has 0 aliphatic heterocycles. The molecule has 2 aromatic carbocycles. The van der Waals surface area contributed by atoms with Gasteiger partial charge in [0.05, 0.1) is 12.7 Å². The number of hydrogen-bond acceptors (Lipinski definition) is 3. The third-order valence-corrected chi connectivity index (χ3v) is 5.94. The van der Waals surface area contributed by atoms with Gasteiger partial charge in [0.1, 0.15) is 18.1 Å².